The number of nitrogens with zero attached hydrogens (tertiary/aromatic N) is 2. The van der Waals surface area contributed by atoms with E-state index in [9.17, 15) is 0 Å². The van der Waals surface area contributed by atoms with E-state index in [-0.39, 0.29) is 0 Å². The van der Waals surface area contributed by atoms with Gasteiger partial charge in [0.2, 0.25) is 0 Å². The average Bonchev–Trinajstić information content (AvgIpc) is 3.62. The number of rotatable bonds is 8. The number of ether oxygens (including phenoxy) is 2. The predicted molar refractivity (Wildman–Crippen MR) is 201 cm³/mol. The largest absolute Gasteiger partial charge is 0.497 e. The number of hydrogen-bond acceptors (Lipinski definition) is 5. The smallest absolute Gasteiger partial charge is 0.135 e. The van der Waals surface area contributed by atoms with Gasteiger partial charge in [0, 0.05) is 45.1 Å². The fraction of sp³-hybridized carbons (Fsp3) is 0.0952. The highest BCUT2D eigenvalue weighted by Gasteiger charge is 2.42. The molecule has 1 aromatic heterocycles. The van der Waals surface area contributed by atoms with Crippen molar-refractivity contribution in [3.8, 4) is 22.8 Å². The van der Waals surface area contributed by atoms with Crippen molar-refractivity contribution in [1.82, 2.24) is 0 Å². The van der Waals surface area contributed by atoms with E-state index in [2.05, 4.69) is 144 Å². The molecule has 5 nitrogen and oxygen atoms in total. The Labute approximate surface area is 282 Å². The van der Waals surface area contributed by atoms with Crippen LogP contribution in [0.5, 0.6) is 11.5 Å². The van der Waals surface area contributed by atoms with E-state index in [1.54, 1.807) is 14.2 Å². The predicted octanol–water partition coefficient (Wildman–Crippen LogP) is 10.2. The first-order valence-electron chi connectivity index (χ1n) is 16.2. The van der Waals surface area contributed by atoms with Crippen molar-refractivity contribution in [2.24, 2.45) is 0 Å². The Bertz CT molecular complexity index is 2230. The highest BCUT2D eigenvalue weighted by molar-refractivity contribution is 7.05. The molecule has 6 aromatic carbocycles. The van der Waals surface area contributed by atoms with Crippen molar-refractivity contribution in [3.05, 3.63) is 146 Å². The van der Waals surface area contributed by atoms with Gasteiger partial charge in [-0.1, -0.05) is 55.6 Å². The molecule has 0 saturated heterocycles. The van der Waals surface area contributed by atoms with Crippen LogP contribution in [0.15, 0.2) is 150 Å². The lowest BCUT2D eigenvalue weighted by molar-refractivity contribution is 0.414. The molecular formula is C42H36N2O3Si. The molecule has 0 radical (unpaired) electrons. The molecule has 1 aliphatic rings. The molecule has 6 heteroatoms. The van der Waals surface area contributed by atoms with Crippen molar-refractivity contribution in [3.63, 3.8) is 0 Å². The van der Waals surface area contributed by atoms with E-state index in [4.69, 9.17) is 13.9 Å². The standard InChI is InChI=1S/C42H36N2O3Si/c1-45-35-21-15-31(16-22-35)43(29-11-7-5-8-12-29)33-19-25-39-37(27-33)42-41(47-39)38-28-34(20-26-40(38)48(42,3)4)44(30-13-9-6-10-14-30)32-17-23-36(46-2)24-18-32/h5-28H,1-4H3. The highest BCUT2D eigenvalue weighted by atomic mass is 28.3. The van der Waals surface area contributed by atoms with Crippen LogP contribution in [0.4, 0.5) is 34.1 Å². The Morgan fingerprint density at radius 3 is 1.48 bits per heavy atom. The quantitative estimate of drug-likeness (QED) is 0.154. The third-order valence-electron chi connectivity index (χ3n) is 9.42. The third-order valence-corrected chi connectivity index (χ3v) is 13.0. The lowest BCUT2D eigenvalue weighted by Crippen LogP contribution is -2.49. The molecule has 0 aliphatic carbocycles. The van der Waals surface area contributed by atoms with Gasteiger partial charge in [0.05, 0.1) is 14.2 Å². The fourth-order valence-corrected chi connectivity index (χ4v) is 10.3. The van der Waals surface area contributed by atoms with Gasteiger partial charge in [-0.25, -0.2) is 0 Å². The number of anilines is 6. The van der Waals surface area contributed by atoms with E-state index < -0.39 is 8.07 Å². The molecule has 2 heterocycles. The summed E-state index contributed by atoms with van der Waals surface area (Å²) in [6.07, 6.45) is 0. The number of methoxy groups -OCH3 is 2. The van der Waals surface area contributed by atoms with Crippen LogP contribution in [0.3, 0.4) is 0 Å². The maximum Gasteiger partial charge on any atom is 0.135 e. The zero-order chi connectivity index (χ0) is 32.8. The molecule has 0 spiro atoms. The summed E-state index contributed by atoms with van der Waals surface area (Å²) >= 11 is 0. The molecule has 8 rings (SSSR count). The number of para-hydroxylation sites is 2. The Morgan fingerprint density at radius 2 is 0.958 bits per heavy atom. The molecule has 0 bridgehead atoms. The summed E-state index contributed by atoms with van der Waals surface area (Å²) in [5, 5.41) is 3.93. The van der Waals surface area contributed by atoms with Gasteiger partial charge in [0.25, 0.3) is 0 Å². The molecule has 0 unspecified atom stereocenters. The van der Waals surface area contributed by atoms with Crippen LogP contribution >= 0.6 is 0 Å². The van der Waals surface area contributed by atoms with Gasteiger partial charge in [-0.3, -0.25) is 0 Å². The van der Waals surface area contributed by atoms with Gasteiger partial charge < -0.3 is 23.7 Å². The number of fused-ring (bicyclic) bond motifs is 5. The molecule has 0 fully saturated rings. The second kappa shape index (κ2) is 11.8. The van der Waals surface area contributed by atoms with Crippen LogP contribution in [0.25, 0.3) is 22.3 Å². The molecule has 236 valence electrons. The van der Waals surface area contributed by atoms with Crippen molar-refractivity contribution in [1.29, 1.82) is 0 Å². The minimum Gasteiger partial charge on any atom is -0.497 e. The minimum absolute atomic E-state index is 0.831. The molecule has 0 saturated carbocycles. The van der Waals surface area contributed by atoms with Crippen molar-refractivity contribution < 1.29 is 13.9 Å². The maximum absolute atomic E-state index is 6.79. The second-order valence-electron chi connectivity index (χ2n) is 12.6. The first-order chi connectivity index (χ1) is 23.5. The summed E-state index contributed by atoms with van der Waals surface area (Å²) in [6.45, 7) is 4.88. The van der Waals surface area contributed by atoms with Crippen LogP contribution < -0.4 is 29.6 Å². The monoisotopic (exact) mass is 644 g/mol. The lowest BCUT2D eigenvalue weighted by atomic mass is 10.1. The SMILES string of the molecule is COc1ccc(N(c2ccccc2)c2ccc3c(c2)-c2oc4ccc(N(c5ccccc5)c5ccc(OC)cc5)cc4c2[Si]3(C)C)cc1. The third kappa shape index (κ3) is 4.93. The molecule has 1 aliphatic heterocycles. The Hall–Kier alpha value is -5.72. The molecule has 7 aromatic rings. The van der Waals surface area contributed by atoms with Crippen molar-refractivity contribution >= 4 is 63.5 Å². The van der Waals surface area contributed by atoms with Crippen LogP contribution in [-0.2, 0) is 0 Å². The first-order valence-corrected chi connectivity index (χ1v) is 19.2. The summed E-state index contributed by atoms with van der Waals surface area (Å²) in [5.41, 5.74) is 8.56. The number of furan rings is 1. The second-order valence-corrected chi connectivity index (χ2v) is 16.9. The van der Waals surface area contributed by atoms with E-state index in [0.717, 1.165) is 57.0 Å². The fourth-order valence-electron chi connectivity index (χ4n) is 7.08. The zero-order valence-corrected chi connectivity index (χ0v) is 28.5. The Balaban J connectivity index is 1.26. The van der Waals surface area contributed by atoms with Gasteiger partial charge in [-0.05, 0) is 114 Å². The summed E-state index contributed by atoms with van der Waals surface area (Å²) in [7, 11) is 1.28. The Kier molecular flexibility index (Phi) is 7.30. The molecular weight excluding hydrogens is 609 g/mol. The van der Waals surface area contributed by atoms with E-state index in [1.807, 2.05) is 24.3 Å². The van der Waals surface area contributed by atoms with Crippen LogP contribution in [0, 0.1) is 0 Å². The highest BCUT2D eigenvalue weighted by Crippen LogP contribution is 2.42. The lowest BCUT2D eigenvalue weighted by Gasteiger charge is -2.27. The number of hydrogen-bond donors (Lipinski definition) is 0. The van der Waals surface area contributed by atoms with E-state index >= 15 is 0 Å². The summed E-state index contributed by atoms with van der Waals surface area (Å²) < 4.78 is 17.7. The zero-order valence-electron chi connectivity index (χ0n) is 27.5. The minimum atomic E-state index is -2.11. The van der Waals surface area contributed by atoms with Gasteiger partial charge >= 0.3 is 0 Å². The first kappa shape index (κ1) is 29.7. The molecule has 0 N–H and O–H groups in total. The van der Waals surface area contributed by atoms with Crippen LogP contribution in [0.2, 0.25) is 13.1 Å². The van der Waals surface area contributed by atoms with Gasteiger partial charge in [0.15, 0.2) is 0 Å². The molecule has 0 atom stereocenters. The summed E-state index contributed by atoms with van der Waals surface area (Å²) in [6, 6.07) is 50.9. The van der Waals surface area contributed by atoms with E-state index in [0.29, 0.717) is 0 Å². The van der Waals surface area contributed by atoms with Gasteiger partial charge in [-0.2, -0.15) is 0 Å². The number of benzene rings is 6. The average molecular weight is 645 g/mol. The van der Waals surface area contributed by atoms with Crippen LogP contribution in [0.1, 0.15) is 0 Å². The Morgan fingerprint density at radius 1 is 0.500 bits per heavy atom. The summed E-state index contributed by atoms with van der Waals surface area (Å²) in [5.74, 6) is 2.66. The van der Waals surface area contributed by atoms with E-state index in [1.165, 1.54) is 21.3 Å². The molecule has 0 amide bonds. The van der Waals surface area contributed by atoms with Gasteiger partial charge in [0.1, 0.15) is 30.9 Å². The maximum atomic E-state index is 6.79. The normalized spacial score (nSPS) is 12.8. The van der Waals surface area contributed by atoms with Crippen LogP contribution in [-0.4, -0.2) is 22.3 Å². The summed E-state index contributed by atoms with van der Waals surface area (Å²) in [4.78, 5) is 4.58. The van der Waals surface area contributed by atoms with Crippen molar-refractivity contribution in [2.45, 2.75) is 13.1 Å². The van der Waals surface area contributed by atoms with Gasteiger partial charge in [-0.15, -0.1) is 0 Å². The molecule has 48 heavy (non-hydrogen) atoms. The van der Waals surface area contributed by atoms with Crippen molar-refractivity contribution in [2.75, 3.05) is 24.0 Å². The topological polar surface area (TPSA) is 38.1 Å².